The highest BCUT2D eigenvalue weighted by molar-refractivity contribution is 5.86. The van der Waals surface area contributed by atoms with E-state index in [1.807, 2.05) is 13.8 Å². The van der Waals surface area contributed by atoms with Crippen molar-refractivity contribution >= 4 is 11.9 Å². The van der Waals surface area contributed by atoms with Crippen LogP contribution in [0.3, 0.4) is 0 Å². The third-order valence-electron chi connectivity index (χ3n) is 3.48. The van der Waals surface area contributed by atoms with Crippen LogP contribution in [-0.4, -0.2) is 35.1 Å². The number of amides is 1. The summed E-state index contributed by atoms with van der Waals surface area (Å²) < 4.78 is 44.6. The van der Waals surface area contributed by atoms with Crippen molar-refractivity contribution < 1.29 is 27.5 Å². The fourth-order valence-corrected chi connectivity index (χ4v) is 2.56. The Hall–Kier alpha value is -2.05. The first kappa shape index (κ1) is 22.0. The maximum absolute atomic E-state index is 13.2. The summed E-state index contributed by atoms with van der Waals surface area (Å²) in [5.41, 5.74) is -0.313. The van der Waals surface area contributed by atoms with Crippen molar-refractivity contribution in [3.05, 3.63) is 35.9 Å². The molecule has 0 N–H and O–H groups in total. The maximum Gasteiger partial charge on any atom is 0.471 e. The molecule has 0 aliphatic carbocycles. The molecule has 26 heavy (non-hydrogen) atoms. The number of hydrogen-bond acceptors (Lipinski definition) is 3. The third-order valence-corrected chi connectivity index (χ3v) is 3.48. The Labute approximate surface area is 152 Å². The highest BCUT2D eigenvalue weighted by atomic mass is 19.4. The van der Waals surface area contributed by atoms with Crippen LogP contribution in [0.25, 0.3) is 0 Å². The smallest absolute Gasteiger partial charge is 0.459 e. The zero-order valence-electron chi connectivity index (χ0n) is 15.8. The van der Waals surface area contributed by atoms with E-state index in [1.165, 1.54) is 0 Å². The molecule has 7 heteroatoms. The van der Waals surface area contributed by atoms with Crippen LogP contribution in [0.1, 0.15) is 52.6 Å². The lowest BCUT2D eigenvalue weighted by atomic mass is 9.95. The molecule has 1 aromatic carbocycles. The van der Waals surface area contributed by atoms with Crippen molar-refractivity contribution in [1.82, 2.24) is 4.90 Å². The zero-order valence-corrected chi connectivity index (χ0v) is 15.8. The van der Waals surface area contributed by atoms with Crippen molar-refractivity contribution in [2.24, 2.45) is 5.92 Å². The highest BCUT2D eigenvalue weighted by Gasteiger charge is 2.46. The van der Waals surface area contributed by atoms with Crippen molar-refractivity contribution in [2.45, 2.75) is 58.9 Å². The summed E-state index contributed by atoms with van der Waals surface area (Å²) >= 11 is 0. The number of alkyl halides is 3. The first-order valence-corrected chi connectivity index (χ1v) is 8.46. The van der Waals surface area contributed by atoms with Gasteiger partial charge in [0.2, 0.25) is 0 Å². The number of nitrogens with zero attached hydrogens (tertiary/aromatic N) is 1. The minimum Gasteiger partial charge on any atom is -0.459 e. The van der Waals surface area contributed by atoms with E-state index in [4.69, 9.17) is 4.74 Å². The van der Waals surface area contributed by atoms with Gasteiger partial charge in [-0.1, -0.05) is 44.2 Å². The molecule has 0 aliphatic heterocycles. The Balaban J connectivity index is 3.25. The summed E-state index contributed by atoms with van der Waals surface area (Å²) in [5, 5.41) is 0. The fraction of sp³-hybridized carbons (Fsp3) is 0.579. The molecule has 0 saturated carbocycles. The lowest BCUT2D eigenvalue weighted by molar-refractivity contribution is -0.191. The van der Waals surface area contributed by atoms with Crippen LogP contribution in [0.15, 0.2) is 30.3 Å². The standard InChI is InChI=1S/C19H26F3NO3/c1-13(2)11-15(14-9-7-6-8-10-14)23(17(25)19(20,21)22)12-16(24)26-18(3,4)5/h6-10,13,15H,11-12H2,1-5H3. The molecule has 1 rings (SSSR count). The first-order chi connectivity index (χ1) is 11.8. The van der Waals surface area contributed by atoms with Crippen LogP contribution in [0.5, 0.6) is 0 Å². The second kappa shape index (κ2) is 8.56. The van der Waals surface area contributed by atoms with Gasteiger partial charge < -0.3 is 9.64 Å². The largest absolute Gasteiger partial charge is 0.471 e. The maximum atomic E-state index is 13.2. The molecular weight excluding hydrogens is 347 g/mol. The molecule has 0 saturated heterocycles. The second-order valence-corrected chi connectivity index (χ2v) is 7.57. The molecule has 4 nitrogen and oxygen atoms in total. The minimum absolute atomic E-state index is 0.0161. The predicted molar refractivity (Wildman–Crippen MR) is 92.3 cm³/mol. The van der Waals surface area contributed by atoms with E-state index in [9.17, 15) is 22.8 Å². The molecule has 1 unspecified atom stereocenters. The average molecular weight is 373 g/mol. The molecule has 1 atom stereocenters. The molecule has 146 valence electrons. The SMILES string of the molecule is CC(C)CC(c1ccccc1)N(CC(=O)OC(C)(C)C)C(=O)C(F)(F)F. The Bertz CT molecular complexity index is 607. The van der Waals surface area contributed by atoms with E-state index in [0.29, 0.717) is 10.5 Å². The lowest BCUT2D eigenvalue weighted by Crippen LogP contribution is -2.47. The van der Waals surface area contributed by atoms with Crippen LogP contribution in [0.4, 0.5) is 13.2 Å². The van der Waals surface area contributed by atoms with Crippen molar-refractivity contribution in [3.63, 3.8) is 0 Å². The number of carbonyl (C=O) groups is 2. The van der Waals surface area contributed by atoms with Crippen LogP contribution in [0, 0.1) is 5.92 Å². The number of rotatable bonds is 6. The number of halogens is 3. The van der Waals surface area contributed by atoms with Crippen molar-refractivity contribution in [3.8, 4) is 0 Å². The van der Waals surface area contributed by atoms with Crippen molar-refractivity contribution in [2.75, 3.05) is 6.54 Å². The lowest BCUT2D eigenvalue weighted by Gasteiger charge is -2.34. The van der Waals surface area contributed by atoms with Gasteiger partial charge in [0.1, 0.15) is 12.1 Å². The summed E-state index contributed by atoms with van der Waals surface area (Å²) in [7, 11) is 0. The van der Waals surface area contributed by atoms with Gasteiger partial charge in [0, 0.05) is 0 Å². The van der Waals surface area contributed by atoms with Gasteiger partial charge in [0.15, 0.2) is 0 Å². The first-order valence-electron chi connectivity index (χ1n) is 8.46. The van der Waals surface area contributed by atoms with E-state index < -0.39 is 36.2 Å². The second-order valence-electron chi connectivity index (χ2n) is 7.57. The molecule has 1 aromatic rings. The number of esters is 1. The Morgan fingerprint density at radius 3 is 2.04 bits per heavy atom. The van der Waals surface area contributed by atoms with E-state index in [-0.39, 0.29) is 12.3 Å². The summed E-state index contributed by atoms with van der Waals surface area (Å²) in [6.45, 7) is 7.78. The van der Waals surface area contributed by atoms with Crippen LogP contribution >= 0.6 is 0 Å². The Morgan fingerprint density at radius 2 is 1.62 bits per heavy atom. The van der Waals surface area contributed by atoms with Gasteiger partial charge in [-0.05, 0) is 38.7 Å². The van der Waals surface area contributed by atoms with Gasteiger partial charge in [-0.25, -0.2) is 0 Å². The molecular formula is C19H26F3NO3. The highest BCUT2D eigenvalue weighted by Crippen LogP contribution is 2.32. The Morgan fingerprint density at radius 1 is 1.08 bits per heavy atom. The monoisotopic (exact) mass is 373 g/mol. The van der Waals surface area contributed by atoms with E-state index >= 15 is 0 Å². The normalized spacial score (nSPS) is 13.4. The van der Waals surface area contributed by atoms with Gasteiger partial charge in [0.25, 0.3) is 0 Å². The topological polar surface area (TPSA) is 46.6 Å². The number of hydrogen-bond donors (Lipinski definition) is 0. The van der Waals surface area contributed by atoms with E-state index in [1.54, 1.807) is 51.1 Å². The molecule has 1 amide bonds. The van der Waals surface area contributed by atoms with E-state index in [2.05, 4.69) is 0 Å². The molecule has 0 bridgehead atoms. The van der Waals surface area contributed by atoms with Gasteiger partial charge >= 0.3 is 18.1 Å². The Kier molecular flexibility index (Phi) is 7.24. The van der Waals surface area contributed by atoms with Crippen LogP contribution < -0.4 is 0 Å². The quantitative estimate of drug-likeness (QED) is 0.690. The molecule has 0 aromatic heterocycles. The minimum atomic E-state index is -5.08. The summed E-state index contributed by atoms with van der Waals surface area (Å²) in [4.78, 5) is 24.8. The fourth-order valence-electron chi connectivity index (χ4n) is 2.56. The van der Waals surface area contributed by atoms with Gasteiger partial charge in [-0.3, -0.25) is 9.59 Å². The summed E-state index contributed by atoms with van der Waals surface area (Å²) in [6, 6.07) is 7.54. The summed E-state index contributed by atoms with van der Waals surface area (Å²) in [5.74, 6) is -2.90. The summed E-state index contributed by atoms with van der Waals surface area (Å²) in [6.07, 6.45) is -4.79. The van der Waals surface area contributed by atoms with E-state index in [0.717, 1.165) is 0 Å². The van der Waals surface area contributed by atoms with Gasteiger partial charge in [0.05, 0.1) is 6.04 Å². The predicted octanol–water partition coefficient (Wildman–Crippen LogP) is 4.51. The molecule has 0 spiro atoms. The van der Waals surface area contributed by atoms with Gasteiger partial charge in [-0.15, -0.1) is 0 Å². The molecule has 0 heterocycles. The zero-order chi connectivity index (χ0) is 20.1. The van der Waals surface area contributed by atoms with Crippen LogP contribution in [-0.2, 0) is 14.3 Å². The molecule has 0 aliphatic rings. The number of ether oxygens (including phenoxy) is 1. The molecule has 0 radical (unpaired) electrons. The average Bonchev–Trinajstić information content (AvgIpc) is 2.48. The third kappa shape index (κ3) is 7.06. The van der Waals surface area contributed by atoms with Gasteiger partial charge in [-0.2, -0.15) is 13.2 Å². The number of benzene rings is 1. The molecule has 0 fully saturated rings. The van der Waals surface area contributed by atoms with Crippen LogP contribution in [0.2, 0.25) is 0 Å². The number of carbonyl (C=O) groups excluding carboxylic acids is 2. The van der Waals surface area contributed by atoms with Crippen molar-refractivity contribution in [1.29, 1.82) is 0 Å².